The summed E-state index contributed by atoms with van der Waals surface area (Å²) in [7, 11) is 2.75. The van der Waals surface area contributed by atoms with Crippen LogP contribution in [-0.2, 0) is 9.53 Å². The summed E-state index contributed by atoms with van der Waals surface area (Å²) in [5.41, 5.74) is 1.03. The molecule has 0 amide bonds. The Labute approximate surface area is 159 Å². The van der Waals surface area contributed by atoms with Crippen molar-refractivity contribution >= 4 is 35.1 Å². The maximum Gasteiger partial charge on any atom is 0.343 e. The minimum absolute atomic E-state index is 0.0605. The quantitative estimate of drug-likeness (QED) is 0.330. The van der Waals surface area contributed by atoms with Gasteiger partial charge in [0.15, 0.2) is 0 Å². The number of cyclic esters (lactones) is 1. The monoisotopic (exact) mass is 387 g/mol. The van der Waals surface area contributed by atoms with Crippen molar-refractivity contribution in [2.45, 2.75) is 0 Å². The van der Waals surface area contributed by atoms with Crippen molar-refractivity contribution in [2.24, 2.45) is 0 Å². The second-order valence-electron chi connectivity index (χ2n) is 5.53. The summed E-state index contributed by atoms with van der Waals surface area (Å²) in [5.74, 6) is 0.182. The number of rotatable bonds is 5. The van der Waals surface area contributed by atoms with E-state index in [9.17, 15) is 14.9 Å². The molecular weight excluding hydrogens is 374 g/mol. The van der Waals surface area contributed by atoms with Crippen LogP contribution in [0, 0.1) is 10.1 Å². The molecule has 0 N–H and O–H groups in total. The standard InChI is InChI=1S/C19H14ClNO6/c1-25-16-10-18(26-2)15(21(23)24)8-12(16)7-13-9-17(27-19(13)22)11-3-5-14(20)6-4-11/h3-10H,1-2H3/b13-7-. The van der Waals surface area contributed by atoms with Crippen LogP contribution in [-0.4, -0.2) is 25.1 Å². The molecule has 2 aromatic carbocycles. The summed E-state index contributed by atoms with van der Waals surface area (Å²) >= 11 is 5.86. The SMILES string of the molecule is COc1cc(OC)c([N+](=O)[O-])cc1/C=C1/C=C(c2ccc(Cl)cc2)OC1=O. The van der Waals surface area contributed by atoms with Gasteiger partial charge in [-0.3, -0.25) is 10.1 Å². The third kappa shape index (κ3) is 3.78. The van der Waals surface area contributed by atoms with Crippen molar-refractivity contribution in [3.8, 4) is 11.5 Å². The highest BCUT2D eigenvalue weighted by molar-refractivity contribution is 6.30. The van der Waals surface area contributed by atoms with Crippen LogP contribution in [0.4, 0.5) is 5.69 Å². The number of hydrogen-bond donors (Lipinski definition) is 0. The lowest BCUT2D eigenvalue weighted by Gasteiger charge is -2.08. The fourth-order valence-electron chi connectivity index (χ4n) is 2.57. The average Bonchev–Trinajstić information content (AvgIpc) is 3.02. The second-order valence-corrected chi connectivity index (χ2v) is 5.96. The van der Waals surface area contributed by atoms with Gasteiger partial charge in [-0.1, -0.05) is 11.6 Å². The van der Waals surface area contributed by atoms with Crippen LogP contribution in [0.1, 0.15) is 11.1 Å². The zero-order chi connectivity index (χ0) is 19.6. The van der Waals surface area contributed by atoms with Gasteiger partial charge in [0.1, 0.15) is 11.5 Å². The Morgan fingerprint density at radius 1 is 1.11 bits per heavy atom. The smallest absolute Gasteiger partial charge is 0.343 e. The number of nitro groups is 1. The molecule has 0 saturated heterocycles. The van der Waals surface area contributed by atoms with Crippen molar-refractivity contribution in [3.05, 3.63) is 74.3 Å². The maximum atomic E-state index is 12.2. The van der Waals surface area contributed by atoms with Gasteiger partial charge in [-0.05, 0) is 36.4 Å². The van der Waals surface area contributed by atoms with Crippen LogP contribution in [0.2, 0.25) is 5.02 Å². The second kappa shape index (κ2) is 7.51. The summed E-state index contributed by atoms with van der Waals surface area (Å²) in [6.07, 6.45) is 3.03. The summed E-state index contributed by atoms with van der Waals surface area (Å²) in [4.78, 5) is 22.9. The normalized spacial score (nSPS) is 14.7. The van der Waals surface area contributed by atoms with E-state index in [1.807, 2.05) is 0 Å². The minimum Gasteiger partial charge on any atom is -0.496 e. The molecule has 0 unspecified atom stereocenters. The highest BCUT2D eigenvalue weighted by Gasteiger charge is 2.24. The maximum absolute atomic E-state index is 12.2. The van der Waals surface area contributed by atoms with E-state index in [1.165, 1.54) is 32.4 Å². The first kappa shape index (κ1) is 18.5. The lowest BCUT2D eigenvalue weighted by molar-refractivity contribution is -0.385. The molecule has 0 spiro atoms. The van der Waals surface area contributed by atoms with E-state index in [4.69, 9.17) is 25.8 Å². The van der Waals surface area contributed by atoms with Gasteiger partial charge in [0.25, 0.3) is 0 Å². The molecule has 0 aromatic heterocycles. The number of benzene rings is 2. The van der Waals surface area contributed by atoms with Crippen molar-refractivity contribution < 1.29 is 23.9 Å². The molecule has 1 aliphatic heterocycles. The van der Waals surface area contributed by atoms with Gasteiger partial charge in [0, 0.05) is 28.3 Å². The number of nitro benzene ring substituents is 1. The van der Waals surface area contributed by atoms with Gasteiger partial charge in [-0.25, -0.2) is 4.79 Å². The first-order valence-corrected chi connectivity index (χ1v) is 8.12. The van der Waals surface area contributed by atoms with Crippen molar-refractivity contribution in [1.29, 1.82) is 0 Å². The third-order valence-electron chi connectivity index (χ3n) is 3.89. The van der Waals surface area contributed by atoms with Crippen LogP contribution in [0.25, 0.3) is 11.8 Å². The van der Waals surface area contributed by atoms with E-state index < -0.39 is 10.9 Å². The van der Waals surface area contributed by atoms with Gasteiger partial charge >= 0.3 is 11.7 Å². The van der Waals surface area contributed by atoms with Gasteiger partial charge in [-0.15, -0.1) is 0 Å². The molecule has 0 radical (unpaired) electrons. The van der Waals surface area contributed by atoms with E-state index in [2.05, 4.69) is 0 Å². The number of carbonyl (C=O) groups excluding carboxylic acids is 1. The van der Waals surface area contributed by atoms with Gasteiger partial charge in [0.2, 0.25) is 5.75 Å². The van der Waals surface area contributed by atoms with E-state index in [1.54, 1.807) is 30.3 Å². The predicted octanol–water partition coefficient (Wildman–Crippen LogP) is 4.25. The Hall–Kier alpha value is -3.32. The summed E-state index contributed by atoms with van der Waals surface area (Å²) < 4.78 is 15.6. The van der Waals surface area contributed by atoms with Gasteiger partial charge in [-0.2, -0.15) is 0 Å². The van der Waals surface area contributed by atoms with E-state index >= 15 is 0 Å². The van der Waals surface area contributed by atoms with Crippen molar-refractivity contribution in [3.63, 3.8) is 0 Å². The van der Waals surface area contributed by atoms with Crippen LogP contribution in [0.3, 0.4) is 0 Å². The van der Waals surface area contributed by atoms with Crippen LogP contribution < -0.4 is 9.47 Å². The Kier molecular flexibility index (Phi) is 5.14. The molecule has 3 rings (SSSR count). The topological polar surface area (TPSA) is 87.9 Å². The highest BCUT2D eigenvalue weighted by atomic mass is 35.5. The molecule has 0 bridgehead atoms. The molecule has 7 nitrogen and oxygen atoms in total. The lowest BCUT2D eigenvalue weighted by atomic mass is 10.1. The predicted molar refractivity (Wildman–Crippen MR) is 99.7 cm³/mol. The van der Waals surface area contributed by atoms with E-state index in [-0.39, 0.29) is 17.0 Å². The van der Waals surface area contributed by atoms with Crippen molar-refractivity contribution in [2.75, 3.05) is 14.2 Å². The molecule has 0 aliphatic carbocycles. The summed E-state index contributed by atoms with van der Waals surface area (Å²) in [5, 5.41) is 11.8. The summed E-state index contributed by atoms with van der Waals surface area (Å²) in [6.45, 7) is 0. The zero-order valence-corrected chi connectivity index (χ0v) is 15.1. The molecule has 0 saturated carbocycles. The molecule has 0 fully saturated rings. The number of hydrogen-bond acceptors (Lipinski definition) is 6. The number of methoxy groups -OCH3 is 2. The lowest BCUT2D eigenvalue weighted by Crippen LogP contribution is -1.99. The number of carbonyl (C=O) groups is 1. The first-order valence-electron chi connectivity index (χ1n) is 7.75. The molecule has 1 heterocycles. The molecule has 0 atom stereocenters. The zero-order valence-electron chi connectivity index (χ0n) is 14.4. The Balaban J connectivity index is 2.05. The summed E-state index contributed by atoms with van der Waals surface area (Å²) in [6, 6.07) is 9.50. The molecule has 138 valence electrons. The Morgan fingerprint density at radius 2 is 1.78 bits per heavy atom. The Morgan fingerprint density at radius 3 is 2.37 bits per heavy atom. The van der Waals surface area contributed by atoms with E-state index in [0.29, 0.717) is 27.7 Å². The fourth-order valence-corrected chi connectivity index (χ4v) is 2.70. The van der Waals surface area contributed by atoms with Crippen LogP contribution >= 0.6 is 11.6 Å². The highest BCUT2D eigenvalue weighted by Crippen LogP contribution is 2.37. The molecular formula is C19H14ClNO6. The van der Waals surface area contributed by atoms with E-state index in [0.717, 1.165) is 0 Å². The fraction of sp³-hybridized carbons (Fsp3) is 0.105. The number of ether oxygens (including phenoxy) is 3. The number of esters is 1. The van der Waals surface area contributed by atoms with Crippen molar-refractivity contribution in [1.82, 2.24) is 0 Å². The largest absolute Gasteiger partial charge is 0.496 e. The molecule has 27 heavy (non-hydrogen) atoms. The molecule has 2 aromatic rings. The van der Waals surface area contributed by atoms with Gasteiger partial charge in [0.05, 0.1) is 24.7 Å². The minimum atomic E-state index is -0.569. The van der Waals surface area contributed by atoms with Crippen LogP contribution in [0.15, 0.2) is 48.0 Å². The van der Waals surface area contributed by atoms with Gasteiger partial charge < -0.3 is 14.2 Å². The molecule has 1 aliphatic rings. The Bertz CT molecular complexity index is 978. The average molecular weight is 388 g/mol. The number of halogens is 1. The third-order valence-corrected chi connectivity index (χ3v) is 4.14. The number of nitrogens with zero attached hydrogens (tertiary/aromatic N) is 1. The van der Waals surface area contributed by atoms with Crippen LogP contribution in [0.5, 0.6) is 11.5 Å². The first-order chi connectivity index (χ1) is 12.9. The molecule has 8 heteroatoms.